The van der Waals surface area contributed by atoms with Crippen molar-refractivity contribution in [2.45, 2.75) is 23.3 Å². The van der Waals surface area contributed by atoms with E-state index < -0.39 is 0 Å². The summed E-state index contributed by atoms with van der Waals surface area (Å²) in [6.45, 7) is 2.07. The normalized spacial score (nSPS) is 10.3. The van der Waals surface area contributed by atoms with Gasteiger partial charge in [-0.05, 0) is 18.6 Å². The molecule has 0 unspecified atom stereocenters. The minimum atomic E-state index is 0.671. The van der Waals surface area contributed by atoms with E-state index in [0.29, 0.717) is 5.69 Å². The van der Waals surface area contributed by atoms with E-state index in [-0.39, 0.29) is 0 Å². The van der Waals surface area contributed by atoms with Crippen LogP contribution < -0.4 is 5.73 Å². The maximum atomic E-state index is 5.81. The zero-order valence-corrected chi connectivity index (χ0v) is 9.74. The molecule has 0 aromatic carbocycles. The Morgan fingerprint density at radius 3 is 3.00 bits per heavy atom. The van der Waals surface area contributed by atoms with Crippen molar-refractivity contribution in [1.29, 1.82) is 0 Å². The third kappa shape index (κ3) is 2.49. The molecule has 4 nitrogen and oxygen atoms in total. The summed E-state index contributed by atoms with van der Waals surface area (Å²) >= 11 is 1.53. The summed E-state index contributed by atoms with van der Waals surface area (Å²) in [5.41, 5.74) is 7.52. The van der Waals surface area contributed by atoms with Crippen LogP contribution in [-0.2, 0) is 6.42 Å². The number of aryl methyl sites for hydroxylation is 1. The van der Waals surface area contributed by atoms with Gasteiger partial charge < -0.3 is 5.73 Å². The number of anilines is 1. The lowest BCUT2D eigenvalue weighted by Gasteiger charge is -2.04. The van der Waals surface area contributed by atoms with Crippen molar-refractivity contribution < 1.29 is 0 Å². The lowest BCUT2D eigenvalue weighted by Crippen LogP contribution is -1.92. The lowest BCUT2D eigenvalue weighted by molar-refractivity contribution is 0.945. The molecule has 2 rings (SSSR count). The highest BCUT2D eigenvalue weighted by atomic mass is 32.2. The van der Waals surface area contributed by atoms with Gasteiger partial charge >= 0.3 is 0 Å². The Hall–Kier alpha value is -1.62. The van der Waals surface area contributed by atoms with Gasteiger partial charge in [-0.3, -0.25) is 4.98 Å². The number of pyridine rings is 1. The van der Waals surface area contributed by atoms with Gasteiger partial charge in [0.25, 0.3) is 0 Å². The SMILES string of the molecule is CCc1cc(Sc2ccncc2N)ncn1. The van der Waals surface area contributed by atoms with Gasteiger partial charge in [-0.2, -0.15) is 0 Å². The number of nitrogens with zero attached hydrogens (tertiary/aromatic N) is 3. The van der Waals surface area contributed by atoms with Crippen LogP contribution in [0.3, 0.4) is 0 Å². The molecule has 2 heterocycles. The minimum absolute atomic E-state index is 0.671. The predicted octanol–water partition coefficient (Wildman–Crippen LogP) is 2.17. The van der Waals surface area contributed by atoms with E-state index >= 15 is 0 Å². The Balaban J connectivity index is 2.24. The Kier molecular flexibility index (Phi) is 3.36. The Morgan fingerprint density at radius 1 is 1.38 bits per heavy atom. The fourth-order valence-electron chi connectivity index (χ4n) is 1.23. The lowest BCUT2D eigenvalue weighted by atomic mass is 10.3. The van der Waals surface area contributed by atoms with Gasteiger partial charge in [-0.25, -0.2) is 9.97 Å². The zero-order valence-electron chi connectivity index (χ0n) is 8.92. The van der Waals surface area contributed by atoms with Crippen LogP contribution in [0.15, 0.2) is 40.8 Å². The monoisotopic (exact) mass is 232 g/mol. The first-order chi connectivity index (χ1) is 7.79. The van der Waals surface area contributed by atoms with Gasteiger partial charge in [-0.1, -0.05) is 18.7 Å². The summed E-state index contributed by atoms with van der Waals surface area (Å²) in [7, 11) is 0. The van der Waals surface area contributed by atoms with Crippen LogP contribution in [0.25, 0.3) is 0 Å². The summed E-state index contributed by atoms with van der Waals surface area (Å²) in [4.78, 5) is 13.3. The second-order valence-corrected chi connectivity index (χ2v) is 4.28. The second-order valence-electron chi connectivity index (χ2n) is 3.22. The van der Waals surface area contributed by atoms with Crippen LogP contribution in [0.2, 0.25) is 0 Å². The highest BCUT2D eigenvalue weighted by molar-refractivity contribution is 7.99. The van der Waals surface area contributed by atoms with Crippen molar-refractivity contribution in [1.82, 2.24) is 15.0 Å². The van der Waals surface area contributed by atoms with Gasteiger partial charge in [0.05, 0.1) is 11.9 Å². The number of nitrogens with two attached hydrogens (primary N) is 1. The van der Waals surface area contributed by atoms with Gasteiger partial charge in [0.15, 0.2) is 0 Å². The van der Waals surface area contributed by atoms with Crippen LogP contribution >= 0.6 is 11.8 Å². The molecule has 5 heteroatoms. The summed E-state index contributed by atoms with van der Waals surface area (Å²) in [6, 6.07) is 3.86. The van der Waals surface area contributed by atoms with E-state index in [0.717, 1.165) is 22.0 Å². The van der Waals surface area contributed by atoms with Gasteiger partial charge in [0.2, 0.25) is 0 Å². The Bertz CT molecular complexity index is 487. The average Bonchev–Trinajstić information content (AvgIpc) is 2.32. The number of hydrogen-bond acceptors (Lipinski definition) is 5. The van der Waals surface area contributed by atoms with Crippen molar-refractivity contribution in [2.75, 3.05) is 5.73 Å². The molecule has 2 aromatic rings. The molecule has 0 radical (unpaired) electrons. The van der Waals surface area contributed by atoms with Crippen LogP contribution in [-0.4, -0.2) is 15.0 Å². The van der Waals surface area contributed by atoms with E-state index in [2.05, 4.69) is 21.9 Å². The number of hydrogen-bond donors (Lipinski definition) is 1. The number of rotatable bonds is 3. The number of nitrogen functional groups attached to an aromatic ring is 1. The predicted molar refractivity (Wildman–Crippen MR) is 64.2 cm³/mol. The van der Waals surface area contributed by atoms with Gasteiger partial charge in [0.1, 0.15) is 11.4 Å². The molecule has 0 amide bonds. The largest absolute Gasteiger partial charge is 0.397 e. The van der Waals surface area contributed by atoms with E-state index in [1.54, 1.807) is 18.7 Å². The molecule has 0 atom stereocenters. The third-order valence-corrected chi connectivity index (χ3v) is 3.11. The molecule has 0 spiro atoms. The molecule has 0 aliphatic rings. The zero-order chi connectivity index (χ0) is 11.4. The maximum Gasteiger partial charge on any atom is 0.116 e. The van der Waals surface area contributed by atoms with E-state index in [9.17, 15) is 0 Å². The molecule has 2 aromatic heterocycles. The van der Waals surface area contributed by atoms with Crippen LogP contribution in [0.4, 0.5) is 5.69 Å². The summed E-state index contributed by atoms with van der Waals surface area (Å²) < 4.78 is 0. The molecule has 0 aliphatic carbocycles. The molecule has 0 saturated heterocycles. The summed E-state index contributed by atoms with van der Waals surface area (Å²) in [6.07, 6.45) is 5.85. The van der Waals surface area contributed by atoms with Crippen molar-refractivity contribution in [3.8, 4) is 0 Å². The fraction of sp³-hybridized carbons (Fsp3) is 0.182. The molecule has 0 fully saturated rings. The molecule has 16 heavy (non-hydrogen) atoms. The number of aromatic nitrogens is 3. The molecule has 0 aliphatic heterocycles. The fourth-order valence-corrected chi connectivity index (χ4v) is 2.05. The molecular formula is C11H12N4S. The van der Waals surface area contributed by atoms with Crippen molar-refractivity contribution in [3.05, 3.63) is 36.5 Å². The van der Waals surface area contributed by atoms with Gasteiger partial charge in [-0.15, -0.1) is 0 Å². The van der Waals surface area contributed by atoms with Gasteiger partial charge in [0, 0.05) is 16.8 Å². The first-order valence-electron chi connectivity index (χ1n) is 4.98. The molecule has 0 bridgehead atoms. The first-order valence-corrected chi connectivity index (χ1v) is 5.79. The van der Waals surface area contributed by atoms with Crippen LogP contribution in [0.5, 0.6) is 0 Å². The van der Waals surface area contributed by atoms with Crippen LogP contribution in [0, 0.1) is 0 Å². The van der Waals surface area contributed by atoms with Crippen molar-refractivity contribution in [3.63, 3.8) is 0 Å². The summed E-state index contributed by atoms with van der Waals surface area (Å²) in [5, 5.41) is 0.907. The van der Waals surface area contributed by atoms with Crippen molar-refractivity contribution >= 4 is 17.4 Å². The second kappa shape index (κ2) is 4.94. The standard InChI is InChI=1S/C11H12N4S/c1-2-8-5-11(15-7-14-8)16-10-3-4-13-6-9(10)12/h3-7H,2,12H2,1H3. The van der Waals surface area contributed by atoms with E-state index in [4.69, 9.17) is 5.73 Å². The Labute approximate surface area is 98.3 Å². The minimum Gasteiger partial charge on any atom is -0.397 e. The third-order valence-electron chi connectivity index (χ3n) is 2.09. The highest BCUT2D eigenvalue weighted by Crippen LogP contribution is 2.29. The first kappa shape index (κ1) is 10.9. The summed E-state index contributed by atoms with van der Waals surface area (Å²) in [5.74, 6) is 0. The molecule has 0 saturated carbocycles. The molecule has 2 N–H and O–H groups in total. The van der Waals surface area contributed by atoms with E-state index in [1.807, 2.05) is 12.1 Å². The van der Waals surface area contributed by atoms with Crippen molar-refractivity contribution in [2.24, 2.45) is 0 Å². The topological polar surface area (TPSA) is 64.7 Å². The quantitative estimate of drug-likeness (QED) is 0.821. The average molecular weight is 232 g/mol. The Morgan fingerprint density at radius 2 is 2.25 bits per heavy atom. The highest BCUT2D eigenvalue weighted by Gasteiger charge is 2.03. The smallest absolute Gasteiger partial charge is 0.116 e. The molecular weight excluding hydrogens is 220 g/mol. The van der Waals surface area contributed by atoms with E-state index in [1.165, 1.54) is 11.8 Å². The maximum absolute atomic E-state index is 5.81. The molecule has 82 valence electrons. The van der Waals surface area contributed by atoms with Crippen LogP contribution in [0.1, 0.15) is 12.6 Å².